The van der Waals surface area contributed by atoms with E-state index in [1.807, 2.05) is 18.2 Å². The van der Waals surface area contributed by atoms with Gasteiger partial charge in [-0.3, -0.25) is 0 Å². The second kappa shape index (κ2) is 11.6. The lowest BCUT2D eigenvalue weighted by Crippen LogP contribution is -2.13. The quantitative estimate of drug-likeness (QED) is 0.184. The third-order valence-electron chi connectivity index (χ3n) is 10.8. The number of furan rings is 1. The molecular weight excluding hydrogens is 647 g/mol. The van der Waals surface area contributed by atoms with Crippen LogP contribution in [0.3, 0.4) is 0 Å². The van der Waals surface area contributed by atoms with Gasteiger partial charge in [0.2, 0.25) is 0 Å². The van der Waals surface area contributed by atoms with Gasteiger partial charge in [0.05, 0.1) is 27.8 Å². The highest BCUT2D eigenvalue weighted by Crippen LogP contribution is 2.41. The topological polar surface area (TPSA) is 43.2 Å². The van der Waals surface area contributed by atoms with Gasteiger partial charge < -0.3 is 18.6 Å². The summed E-state index contributed by atoms with van der Waals surface area (Å²) in [6.07, 6.45) is 0. The molecule has 0 amide bonds. The maximum Gasteiger partial charge on any atom is 0.330 e. The van der Waals surface area contributed by atoms with Crippen molar-refractivity contribution in [1.29, 1.82) is 0 Å². The molecule has 53 heavy (non-hydrogen) atoms. The van der Waals surface area contributed by atoms with Crippen molar-refractivity contribution in [2.24, 2.45) is 0 Å². The molecule has 5 heteroatoms. The third kappa shape index (κ3) is 4.48. The second-order valence-corrected chi connectivity index (χ2v) is 13.7. The summed E-state index contributed by atoms with van der Waals surface area (Å²) in [4.78, 5) is 0. The summed E-state index contributed by atoms with van der Waals surface area (Å²) in [5.41, 5.74) is 13.6. The monoisotopic (exact) mass is 677 g/mol. The molecule has 11 rings (SSSR count). The number of aromatic nitrogens is 2. The molecule has 0 spiro atoms. The number of benzene rings is 8. The van der Waals surface area contributed by atoms with Crippen LogP contribution in [0.4, 0.5) is 0 Å². The van der Waals surface area contributed by atoms with E-state index < -0.39 is 0 Å². The van der Waals surface area contributed by atoms with E-state index in [2.05, 4.69) is 167 Å². The Kier molecular flexibility index (Phi) is 6.54. The van der Waals surface area contributed by atoms with Gasteiger partial charge in [0, 0.05) is 38.0 Å². The van der Waals surface area contributed by atoms with Gasteiger partial charge in [0.1, 0.15) is 5.58 Å². The molecule has 3 heterocycles. The summed E-state index contributed by atoms with van der Waals surface area (Å²) in [6, 6.07) is 62.5. The number of hydrogen-bond acceptors (Lipinski definition) is 2. The van der Waals surface area contributed by atoms with Crippen molar-refractivity contribution < 1.29 is 9.44 Å². The summed E-state index contributed by atoms with van der Waals surface area (Å²) < 4.78 is 11.2. The van der Waals surface area contributed by atoms with Gasteiger partial charge in [-0.1, -0.05) is 115 Å². The maximum absolute atomic E-state index is 9.95. The van der Waals surface area contributed by atoms with Crippen molar-refractivity contribution in [2.45, 2.75) is 0 Å². The SMILES string of the molecule is O[B]c1cccc2c1oc1c(-n3c4ccccc4c4cc(-c5ccc6c(c5)c5cc(-c7ccccc7)ccc5n6-c5ccccc5)ccc43)cccc12. The molecule has 1 N–H and O–H groups in total. The first kappa shape index (κ1) is 29.9. The predicted molar refractivity (Wildman–Crippen MR) is 221 cm³/mol. The van der Waals surface area contributed by atoms with Gasteiger partial charge >= 0.3 is 7.48 Å². The maximum atomic E-state index is 9.95. The van der Waals surface area contributed by atoms with E-state index >= 15 is 0 Å². The molecular formula is C48H30BN2O2. The number of rotatable bonds is 5. The van der Waals surface area contributed by atoms with Gasteiger partial charge in [0.15, 0.2) is 5.58 Å². The minimum absolute atomic E-state index is 0.664. The second-order valence-electron chi connectivity index (χ2n) is 13.7. The van der Waals surface area contributed by atoms with Gasteiger partial charge in [-0.05, 0) is 88.4 Å². The Balaban J connectivity index is 1.13. The van der Waals surface area contributed by atoms with Crippen LogP contribution in [0.15, 0.2) is 180 Å². The highest BCUT2D eigenvalue weighted by atomic mass is 16.3. The van der Waals surface area contributed by atoms with E-state index in [4.69, 9.17) is 4.42 Å². The molecule has 0 aliphatic carbocycles. The molecule has 0 aliphatic heterocycles. The van der Waals surface area contributed by atoms with Crippen molar-refractivity contribution in [3.63, 3.8) is 0 Å². The zero-order valence-electron chi connectivity index (χ0n) is 28.6. The fourth-order valence-corrected chi connectivity index (χ4v) is 8.39. The van der Waals surface area contributed by atoms with Crippen LogP contribution >= 0.6 is 0 Å². The Bertz CT molecular complexity index is 3210. The highest BCUT2D eigenvalue weighted by molar-refractivity contribution is 6.50. The molecule has 1 radical (unpaired) electrons. The van der Waals surface area contributed by atoms with Crippen molar-refractivity contribution in [2.75, 3.05) is 0 Å². The molecule has 0 atom stereocenters. The summed E-state index contributed by atoms with van der Waals surface area (Å²) in [5.74, 6) is 0. The van der Waals surface area contributed by atoms with Gasteiger partial charge in [-0.2, -0.15) is 0 Å². The number of fused-ring (bicyclic) bond motifs is 9. The average molecular weight is 678 g/mol. The summed E-state index contributed by atoms with van der Waals surface area (Å²) in [5, 5.41) is 16.7. The van der Waals surface area contributed by atoms with Crippen LogP contribution < -0.4 is 5.46 Å². The average Bonchev–Trinajstić information content (AvgIpc) is 3.88. The number of hydrogen-bond donors (Lipinski definition) is 1. The van der Waals surface area contributed by atoms with Crippen LogP contribution in [0.5, 0.6) is 0 Å². The molecule has 0 saturated carbocycles. The molecule has 3 aromatic heterocycles. The molecule has 0 unspecified atom stereocenters. The molecule has 0 fully saturated rings. The molecule has 0 aliphatic rings. The lowest BCUT2D eigenvalue weighted by atomic mass is 9.87. The Hall–Kier alpha value is -6.82. The minimum Gasteiger partial charge on any atom is -0.454 e. The minimum atomic E-state index is 0.664. The van der Waals surface area contributed by atoms with Crippen molar-refractivity contribution >= 4 is 78.5 Å². The van der Waals surface area contributed by atoms with E-state index in [1.165, 1.54) is 49.3 Å². The standard InChI is InChI=1S/C48H30BN2O2/c52-49-41-18-9-16-36-37-17-10-20-46(48(37)53-47(36)41)51-42-19-8-7-15-35(42)38-28-32(23-26-45(38)51)33-22-25-44-40(29-33)39-27-31(30-11-3-1-4-12-30)21-24-43(39)50(44)34-13-5-2-6-14-34/h1-29,52H. The first-order chi connectivity index (χ1) is 26.2. The fraction of sp³-hybridized carbons (Fsp3) is 0. The van der Waals surface area contributed by atoms with Crippen molar-refractivity contribution in [3.8, 4) is 33.6 Å². The highest BCUT2D eigenvalue weighted by Gasteiger charge is 2.20. The Morgan fingerprint density at radius 3 is 1.57 bits per heavy atom. The summed E-state index contributed by atoms with van der Waals surface area (Å²) in [7, 11) is 1.12. The molecule has 247 valence electrons. The van der Waals surface area contributed by atoms with Crippen LogP contribution in [0.1, 0.15) is 0 Å². The van der Waals surface area contributed by atoms with Crippen LogP contribution in [-0.4, -0.2) is 21.6 Å². The smallest absolute Gasteiger partial charge is 0.330 e. The van der Waals surface area contributed by atoms with E-state index in [-0.39, 0.29) is 0 Å². The lowest BCUT2D eigenvalue weighted by molar-refractivity contribution is 0.613. The van der Waals surface area contributed by atoms with Crippen LogP contribution in [0, 0.1) is 0 Å². The fourth-order valence-electron chi connectivity index (χ4n) is 8.39. The van der Waals surface area contributed by atoms with Gasteiger partial charge in [0.25, 0.3) is 0 Å². The Morgan fingerprint density at radius 2 is 0.887 bits per heavy atom. The normalized spacial score (nSPS) is 11.9. The first-order valence-electron chi connectivity index (χ1n) is 17.9. The number of nitrogens with zero attached hydrogens (tertiary/aromatic N) is 2. The van der Waals surface area contributed by atoms with Gasteiger partial charge in [-0.15, -0.1) is 0 Å². The number of para-hydroxylation sites is 4. The lowest BCUT2D eigenvalue weighted by Gasteiger charge is -2.10. The van der Waals surface area contributed by atoms with Gasteiger partial charge in [-0.25, -0.2) is 0 Å². The molecule has 8 aromatic carbocycles. The van der Waals surface area contributed by atoms with E-state index in [0.29, 0.717) is 11.0 Å². The van der Waals surface area contributed by atoms with Crippen molar-refractivity contribution in [1.82, 2.24) is 9.13 Å². The van der Waals surface area contributed by atoms with Crippen LogP contribution in [0.25, 0.3) is 99.2 Å². The molecule has 4 nitrogen and oxygen atoms in total. The summed E-state index contributed by atoms with van der Waals surface area (Å²) >= 11 is 0. The van der Waals surface area contributed by atoms with E-state index in [1.54, 1.807) is 0 Å². The molecule has 0 saturated heterocycles. The van der Waals surface area contributed by atoms with Crippen molar-refractivity contribution in [3.05, 3.63) is 176 Å². The zero-order chi connectivity index (χ0) is 35.0. The molecule has 11 aromatic rings. The first-order valence-corrected chi connectivity index (χ1v) is 17.9. The van der Waals surface area contributed by atoms with E-state index in [0.717, 1.165) is 51.8 Å². The third-order valence-corrected chi connectivity index (χ3v) is 10.8. The largest absolute Gasteiger partial charge is 0.454 e. The predicted octanol–water partition coefficient (Wildman–Crippen LogP) is 11.4. The zero-order valence-corrected chi connectivity index (χ0v) is 28.6. The Labute approximate surface area is 305 Å². The van der Waals surface area contributed by atoms with Crippen LogP contribution in [-0.2, 0) is 0 Å². The summed E-state index contributed by atoms with van der Waals surface area (Å²) in [6.45, 7) is 0. The van der Waals surface area contributed by atoms with Crippen LogP contribution in [0.2, 0.25) is 0 Å². The molecule has 0 bridgehead atoms. The van der Waals surface area contributed by atoms with E-state index in [9.17, 15) is 5.02 Å². The Morgan fingerprint density at radius 1 is 0.377 bits per heavy atom.